The third-order valence-corrected chi connectivity index (χ3v) is 7.49. The van der Waals surface area contributed by atoms with E-state index in [9.17, 15) is 4.79 Å². The highest BCUT2D eigenvalue weighted by Crippen LogP contribution is 2.46. The zero-order valence-corrected chi connectivity index (χ0v) is 24.0. The molecule has 3 aromatic rings. The van der Waals surface area contributed by atoms with Crippen molar-refractivity contribution in [3.8, 4) is 34.5 Å². The molecule has 38 heavy (non-hydrogen) atoms. The lowest BCUT2D eigenvalue weighted by molar-refractivity contribution is -0.148. The van der Waals surface area contributed by atoms with Gasteiger partial charge >= 0.3 is 12.0 Å². The maximum atomic E-state index is 11.9. The summed E-state index contributed by atoms with van der Waals surface area (Å²) in [4.78, 5) is 25.6. The molecule has 0 bridgehead atoms. The van der Waals surface area contributed by atoms with Gasteiger partial charge in [-0.1, -0.05) is 13.1 Å². The Kier molecular flexibility index (Phi) is 8.78. The molecule has 3 aromatic heterocycles. The van der Waals surface area contributed by atoms with Crippen LogP contribution in [0.25, 0.3) is 22.6 Å². The minimum Gasteiger partial charge on any atom is -0.476 e. The number of aryl methyl sites for hydroxylation is 1. The molecule has 4 rings (SSSR count). The lowest BCUT2D eigenvalue weighted by Crippen LogP contribution is -2.24. The second-order valence-corrected chi connectivity index (χ2v) is 13.1. The largest absolute Gasteiger partial charge is 0.476 e. The van der Waals surface area contributed by atoms with Crippen LogP contribution in [0.15, 0.2) is 30.6 Å². The van der Waals surface area contributed by atoms with Crippen molar-refractivity contribution in [2.75, 3.05) is 20.3 Å². The summed E-state index contributed by atoms with van der Waals surface area (Å²) in [6.07, 6.45) is 5.00. The van der Waals surface area contributed by atoms with E-state index in [1.54, 1.807) is 17.1 Å². The van der Waals surface area contributed by atoms with E-state index in [2.05, 4.69) is 33.1 Å². The van der Waals surface area contributed by atoms with Gasteiger partial charge in [0.25, 0.3) is 0 Å². The first kappa shape index (κ1) is 27.7. The average Bonchev–Trinajstić information content (AvgIpc) is 3.59. The quantitative estimate of drug-likeness (QED) is 0.176. The first-order valence-electron chi connectivity index (χ1n) is 12.8. The van der Waals surface area contributed by atoms with Crippen molar-refractivity contribution < 1.29 is 23.7 Å². The van der Waals surface area contributed by atoms with Crippen molar-refractivity contribution >= 4 is 14.8 Å². The van der Waals surface area contributed by atoms with E-state index in [4.69, 9.17) is 18.9 Å². The summed E-state index contributed by atoms with van der Waals surface area (Å²) in [5.41, 5.74) is 2.88. The van der Waals surface area contributed by atoms with E-state index >= 15 is 0 Å². The summed E-state index contributed by atoms with van der Waals surface area (Å²) in [6.45, 7) is 11.7. The number of pyridine rings is 2. The van der Waals surface area contributed by atoms with Crippen molar-refractivity contribution in [1.82, 2.24) is 24.7 Å². The van der Waals surface area contributed by atoms with Crippen molar-refractivity contribution in [2.45, 2.75) is 65.6 Å². The number of ether oxygens (including phenoxy) is 4. The Balaban J connectivity index is 1.44. The Hall–Kier alpha value is -3.31. The predicted molar refractivity (Wildman–Crippen MR) is 144 cm³/mol. The minimum atomic E-state index is -0.525. The number of carbonyl (C=O) groups is 1. The number of hydrogen-bond acceptors (Lipinski definition) is 9. The van der Waals surface area contributed by atoms with Gasteiger partial charge in [-0.25, -0.2) is 4.98 Å². The van der Waals surface area contributed by atoms with Gasteiger partial charge in [-0.3, -0.25) is 9.78 Å². The number of carbonyl (C=O) groups excluding carboxylic acids is 1. The van der Waals surface area contributed by atoms with Crippen molar-refractivity contribution in [1.29, 1.82) is 0 Å². The van der Waals surface area contributed by atoms with Gasteiger partial charge in [0.2, 0.25) is 5.88 Å². The summed E-state index contributed by atoms with van der Waals surface area (Å²) in [5.74, 6) is 0.775. The number of hydrogen-bond donors (Lipinski definition) is 0. The minimum absolute atomic E-state index is 0.0369. The molecule has 1 aliphatic carbocycles. The fraction of sp³-hybridized carbons (Fsp3) is 0.519. The first-order valence-corrected chi connectivity index (χ1v) is 15.5. The number of esters is 1. The van der Waals surface area contributed by atoms with Crippen LogP contribution in [-0.4, -0.2) is 65.9 Å². The monoisotopic (exact) mass is 538 g/mol. The zero-order valence-electron chi connectivity index (χ0n) is 23.0. The molecule has 203 valence electrons. The van der Waals surface area contributed by atoms with Crippen LogP contribution in [-0.2, 0) is 21.0 Å². The van der Waals surface area contributed by atoms with Crippen LogP contribution >= 0.6 is 0 Å². The maximum absolute atomic E-state index is 11.9. The number of nitrogens with zero attached hydrogens (tertiary/aromatic N) is 5. The highest BCUT2D eigenvalue weighted by molar-refractivity contribution is 6.55. The van der Waals surface area contributed by atoms with E-state index in [1.165, 1.54) is 7.11 Å². The fourth-order valence-electron chi connectivity index (χ4n) is 3.81. The van der Waals surface area contributed by atoms with Crippen LogP contribution in [0.2, 0.25) is 19.1 Å². The molecule has 3 heterocycles. The van der Waals surface area contributed by atoms with E-state index in [-0.39, 0.29) is 34.2 Å². The van der Waals surface area contributed by atoms with Gasteiger partial charge in [-0.15, -0.1) is 5.10 Å². The van der Waals surface area contributed by atoms with Gasteiger partial charge < -0.3 is 18.9 Å². The fourth-order valence-corrected chi connectivity index (χ4v) is 4.36. The van der Waals surface area contributed by atoms with Crippen LogP contribution < -0.4 is 9.47 Å². The molecule has 10 nitrogen and oxygen atoms in total. The Bertz CT molecular complexity index is 1240. The smallest absolute Gasteiger partial charge is 0.317 e. The third-order valence-electron chi connectivity index (χ3n) is 6.29. The summed E-state index contributed by atoms with van der Waals surface area (Å²) in [7, 11) is 1.07. The zero-order chi connectivity index (χ0) is 27.3. The Morgan fingerprint density at radius 2 is 1.97 bits per heavy atom. The highest BCUT2D eigenvalue weighted by Gasteiger charge is 2.52. The molecular formula is C27H36N5O5Si. The van der Waals surface area contributed by atoms with Crippen LogP contribution in [0.5, 0.6) is 11.9 Å². The van der Waals surface area contributed by atoms with Gasteiger partial charge in [-0.2, -0.15) is 9.67 Å². The van der Waals surface area contributed by atoms with Crippen LogP contribution in [0.3, 0.4) is 0 Å². The van der Waals surface area contributed by atoms with Gasteiger partial charge in [0, 0.05) is 45.0 Å². The molecular weight excluding hydrogens is 502 g/mol. The third kappa shape index (κ3) is 6.76. The first-order chi connectivity index (χ1) is 18.2. The topological polar surface area (TPSA) is 110 Å². The lowest BCUT2D eigenvalue weighted by Gasteiger charge is -2.14. The number of rotatable bonds is 13. The van der Waals surface area contributed by atoms with Crippen LogP contribution in [0.4, 0.5) is 0 Å². The molecule has 0 spiro atoms. The summed E-state index contributed by atoms with van der Waals surface area (Å²) < 4.78 is 24.0. The second-order valence-electron chi connectivity index (χ2n) is 10.2. The van der Waals surface area contributed by atoms with E-state index in [0.717, 1.165) is 41.3 Å². The summed E-state index contributed by atoms with van der Waals surface area (Å²) in [5, 5.41) is 4.61. The van der Waals surface area contributed by atoms with Crippen LogP contribution in [0.1, 0.15) is 32.3 Å². The van der Waals surface area contributed by atoms with Gasteiger partial charge in [-0.05, 0) is 57.4 Å². The Labute approximate surface area is 225 Å². The van der Waals surface area contributed by atoms with Crippen molar-refractivity contribution in [3.05, 3.63) is 36.2 Å². The normalized spacial score (nSPS) is 14.1. The van der Waals surface area contributed by atoms with Crippen molar-refractivity contribution in [2.24, 2.45) is 5.41 Å². The molecule has 0 aliphatic heterocycles. The van der Waals surface area contributed by atoms with E-state index in [1.807, 2.05) is 39.0 Å². The summed E-state index contributed by atoms with van der Waals surface area (Å²) >= 11 is 0. The van der Waals surface area contributed by atoms with E-state index in [0.29, 0.717) is 24.3 Å². The molecule has 0 N–H and O–H groups in total. The molecule has 1 fully saturated rings. The predicted octanol–water partition coefficient (Wildman–Crippen LogP) is 4.56. The lowest BCUT2D eigenvalue weighted by atomic mass is 10.1. The average molecular weight is 539 g/mol. The maximum Gasteiger partial charge on any atom is 0.317 e. The number of aromatic nitrogens is 5. The van der Waals surface area contributed by atoms with E-state index < -0.39 is 5.41 Å². The van der Waals surface area contributed by atoms with Gasteiger partial charge in [0.15, 0.2) is 5.82 Å². The molecule has 0 aromatic carbocycles. The highest BCUT2D eigenvalue weighted by atomic mass is 28.3. The van der Waals surface area contributed by atoms with Crippen molar-refractivity contribution in [3.63, 3.8) is 0 Å². The van der Waals surface area contributed by atoms with Gasteiger partial charge in [0.1, 0.15) is 18.8 Å². The standard InChI is InChI=1S/C27H36N5O5Si/c1-18(2)37-26-30-24(31-32(26)17-35-11-12-38(5)6)20-7-8-22(28-14-20)21-15-29-23(13-19(21)3)36-16-27(9-10-27)25(33)34-4/h7-8,13-15,18H,9-12,16-17H2,1-6H3. The molecule has 0 amide bonds. The SMILES string of the molecule is COC(=O)C1(COc2cc(C)c(-c3ccc(-c4nc(OC(C)C)n(COCC[Si](C)C)n4)cn3)cn2)CC1. The Morgan fingerprint density at radius 1 is 1.18 bits per heavy atom. The molecule has 1 radical (unpaired) electrons. The van der Waals surface area contributed by atoms with Crippen LogP contribution in [0, 0.1) is 12.3 Å². The molecule has 0 saturated heterocycles. The molecule has 11 heteroatoms. The Morgan fingerprint density at radius 3 is 2.58 bits per heavy atom. The second kappa shape index (κ2) is 12.0. The molecule has 0 atom stereocenters. The van der Waals surface area contributed by atoms with Gasteiger partial charge in [0.05, 0.1) is 18.9 Å². The summed E-state index contributed by atoms with van der Waals surface area (Å²) in [6, 6.07) is 7.21. The molecule has 1 saturated carbocycles. The molecule has 1 aliphatic rings. The molecule has 0 unspecified atom stereocenters. The number of methoxy groups -OCH3 is 1.